The molecule has 0 N–H and O–H groups in total. The molecule has 0 aliphatic rings. The second-order valence-corrected chi connectivity index (χ2v) is 5.55. The summed E-state index contributed by atoms with van der Waals surface area (Å²) in [5.74, 6) is -0.227. The van der Waals surface area contributed by atoms with Gasteiger partial charge in [0.2, 0.25) is 0 Å². The average Bonchev–Trinajstić information content (AvgIpc) is 2.66. The number of carbonyl (C=O) groups is 1. The number of rotatable bonds is 8. The summed E-state index contributed by atoms with van der Waals surface area (Å²) in [6, 6.07) is 21.4. The van der Waals surface area contributed by atoms with E-state index in [0.717, 1.165) is 16.8 Å². The maximum atomic E-state index is 11.4. The minimum absolute atomic E-state index is 0.227. The monoisotopic (exact) mass is 334 g/mol. The smallest absolute Gasteiger partial charge is 0.305 e. The van der Waals surface area contributed by atoms with Crippen LogP contribution >= 0.6 is 0 Å². The number of nitriles is 1. The fourth-order valence-corrected chi connectivity index (χ4v) is 2.49. The number of carbonyl (C=O) groups excluding carboxylic acids is 1. The van der Waals surface area contributed by atoms with Gasteiger partial charge in [0.1, 0.15) is 6.04 Å². The molecule has 1 unspecified atom stereocenters. The van der Waals surface area contributed by atoms with Crippen molar-refractivity contribution in [2.24, 2.45) is 4.99 Å². The zero-order chi connectivity index (χ0) is 17.9. The van der Waals surface area contributed by atoms with E-state index in [2.05, 4.69) is 11.1 Å². The molecule has 2 aromatic carbocycles. The van der Waals surface area contributed by atoms with Gasteiger partial charge < -0.3 is 4.74 Å². The topological polar surface area (TPSA) is 62.5 Å². The van der Waals surface area contributed by atoms with Crippen LogP contribution in [-0.2, 0) is 9.53 Å². The normalized spacial score (nSPS) is 11.2. The second-order valence-electron chi connectivity index (χ2n) is 5.55. The molecule has 0 aromatic heterocycles. The molecule has 0 saturated heterocycles. The lowest BCUT2D eigenvalue weighted by atomic mass is 10.0. The van der Waals surface area contributed by atoms with Gasteiger partial charge in [-0.1, -0.05) is 60.7 Å². The predicted octanol–water partition coefficient (Wildman–Crippen LogP) is 4.15. The Morgan fingerprint density at radius 2 is 1.64 bits per heavy atom. The molecule has 25 heavy (non-hydrogen) atoms. The number of ether oxygens (including phenoxy) is 1. The van der Waals surface area contributed by atoms with Crippen LogP contribution in [0.2, 0.25) is 0 Å². The Labute approximate surface area is 148 Å². The zero-order valence-corrected chi connectivity index (χ0v) is 14.4. The molecule has 0 amide bonds. The molecule has 4 nitrogen and oxygen atoms in total. The molecule has 0 spiro atoms. The lowest BCUT2D eigenvalue weighted by molar-refractivity contribution is -0.143. The van der Waals surface area contributed by atoms with E-state index in [-0.39, 0.29) is 5.97 Å². The van der Waals surface area contributed by atoms with Gasteiger partial charge in [-0.05, 0) is 19.8 Å². The van der Waals surface area contributed by atoms with Crippen LogP contribution in [0, 0.1) is 11.3 Å². The number of hydrogen-bond acceptors (Lipinski definition) is 4. The average molecular weight is 334 g/mol. The van der Waals surface area contributed by atoms with Crippen molar-refractivity contribution in [1.82, 2.24) is 0 Å². The van der Waals surface area contributed by atoms with Crippen molar-refractivity contribution in [3.8, 4) is 6.07 Å². The predicted molar refractivity (Wildman–Crippen MR) is 98.4 cm³/mol. The van der Waals surface area contributed by atoms with E-state index < -0.39 is 6.04 Å². The van der Waals surface area contributed by atoms with Gasteiger partial charge in [0.05, 0.1) is 18.4 Å². The summed E-state index contributed by atoms with van der Waals surface area (Å²) in [6.45, 7) is 2.16. The van der Waals surface area contributed by atoms with E-state index in [1.54, 1.807) is 6.92 Å². The molecule has 2 aromatic rings. The maximum Gasteiger partial charge on any atom is 0.305 e. The van der Waals surface area contributed by atoms with E-state index in [4.69, 9.17) is 4.74 Å². The van der Waals surface area contributed by atoms with Gasteiger partial charge in [0.25, 0.3) is 0 Å². The molecule has 0 aliphatic carbocycles. The first-order chi connectivity index (χ1) is 12.2. The highest BCUT2D eigenvalue weighted by atomic mass is 16.5. The van der Waals surface area contributed by atoms with Crippen molar-refractivity contribution >= 4 is 11.7 Å². The van der Waals surface area contributed by atoms with Crippen molar-refractivity contribution < 1.29 is 9.53 Å². The molecule has 128 valence electrons. The van der Waals surface area contributed by atoms with E-state index >= 15 is 0 Å². The third-order valence-corrected chi connectivity index (χ3v) is 3.69. The Balaban J connectivity index is 2.18. The van der Waals surface area contributed by atoms with Gasteiger partial charge in [-0.25, -0.2) is 0 Å². The van der Waals surface area contributed by atoms with Crippen LogP contribution in [0.4, 0.5) is 0 Å². The molecule has 1 atom stereocenters. The first-order valence-electron chi connectivity index (χ1n) is 8.48. The largest absolute Gasteiger partial charge is 0.466 e. The Morgan fingerprint density at radius 3 is 2.12 bits per heavy atom. The number of benzene rings is 2. The van der Waals surface area contributed by atoms with Crippen molar-refractivity contribution in [2.45, 2.75) is 32.2 Å². The Kier molecular flexibility index (Phi) is 7.40. The first kappa shape index (κ1) is 18.4. The van der Waals surface area contributed by atoms with Crippen LogP contribution < -0.4 is 0 Å². The minimum atomic E-state index is -0.496. The van der Waals surface area contributed by atoms with Crippen molar-refractivity contribution in [3.63, 3.8) is 0 Å². The zero-order valence-electron chi connectivity index (χ0n) is 14.4. The molecule has 0 fully saturated rings. The van der Waals surface area contributed by atoms with Crippen LogP contribution in [0.5, 0.6) is 0 Å². The molecule has 4 heteroatoms. The molecular weight excluding hydrogens is 312 g/mol. The van der Waals surface area contributed by atoms with Crippen molar-refractivity contribution in [1.29, 1.82) is 5.26 Å². The Hall–Kier alpha value is -2.93. The van der Waals surface area contributed by atoms with Crippen LogP contribution in [0.3, 0.4) is 0 Å². The van der Waals surface area contributed by atoms with E-state index in [0.29, 0.717) is 25.9 Å². The third kappa shape index (κ3) is 5.89. The number of hydrogen-bond donors (Lipinski definition) is 0. The third-order valence-electron chi connectivity index (χ3n) is 3.69. The first-order valence-corrected chi connectivity index (χ1v) is 8.48. The maximum absolute atomic E-state index is 11.4. The van der Waals surface area contributed by atoms with Gasteiger partial charge in [0.15, 0.2) is 0 Å². The SMILES string of the molecule is CCOC(=O)CCCC(C#N)N=C(c1ccccc1)c1ccccc1. The van der Waals surface area contributed by atoms with E-state index in [9.17, 15) is 10.1 Å². The molecule has 0 saturated carbocycles. The van der Waals surface area contributed by atoms with Gasteiger partial charge >= 0.3 is 5.97 Å². The molecular formula is C21H22N2O2. The van der Waals surface area contributed by atoms with Crippen LogP contribution in [-0.4, -0.2) is 24.3 Å². The summed E-state index contributed by atoms with van der Waals surface area (Å²) in [5, 5.41) is 9.46. The Morgan fingerprint density at radius 1 is 1.08 bits per heavy atom. The Bertz CT molecular complexity index is 692. The summed E-state index contributed by atoms with van der Waals surface area (Å²) in [5.41, 5.74) is 2.74. The minimum Gasteiger partial charge on any atom is -0.466 e. The standard InChI is InChI=1S/C21H22N2O2/c1-2-25-20(24)15-9-14-19(16-22)23-21(17-10-5-3-6-11-17)18-12-7-4-8-13-18/h3-8,10-13,19H,2,9,14-15H2,1H3. The number of aliphatic imine (C=N–C) groups is 1. The van der Waals surface area contributed by atoms with Crippen LogP contribution in [0.15, 0.2) is 65.7 Å². The van der Waals surface area contributed by atoms with Crippen LogP contribution in [0.25, 0.3) is 0 Å². The number of esters is 1. The summed E-state index contributed by atoms with van der Waals surface area (Å²) < 4.78 is 4.92. The lowest BCUT2D eigenvalue weighted by Gasteiger charge is -2.11. The summed E-state index contributed by atoms with van der Waals surface area (Å²) in [4.78, 5) is 16.1. The van der Waals surface area contributed by atoms with Crippen LogP contribution in [0.1, 0.15) is 37.3 Å². The fraction of sp³-hybridized carbons (Fsp3) is 0.286. The molecule has 0 bridgehead atoms. The number of nitrogens with zero attached hydrogens (tertiary/aromatic N) is 2. The summed E-state index contributed by atoms with van der Waals surface area (Å²) in [7, 11) is 0. The van der Waals surface area contributed by atoms with E-state index in [1.165, 1.54) is 0 Å². The highest BCUT2D eigenvalue weighted by molar-refractivity contribution is 6.13. The highest BCUT2D eigenvalue weighted by Crippen LogP contribution is 2.14. The summed E-state index contributed by atoms with van der Waals surface area (Å²) in [6.07, 6.45) is 1.42. The molecule has 0 radical (unpaired) electrons. The van der Waals surface area contributed by atoms with Crippen molar-refractivity contribution in [2.75, 3.05) is 6.61 Å². The molecule has 2 rings (SSSR count). The fourth-order valence-electron chi connectivity index (χ4n) is 2.49. The lowest BCUT2D eigenvalue weighted by Crippen LogP contribution is -2.11. The van der Waals surface area contributed by atoms with E-state index in [1.807, 2.05) is 60.7 Å². The van der Waals surface area contributed by atoms with Gasteiger partial charge in [-0.2, -0.15) is 5.26 Å². The van der Waals surface area contributed by atoms with Gasteiger partial charge in [-0.15, -0.1) is 0 Å². The quantitative estimate of drug-likeness (QED) is 0.538. The van der Waals surface area contributed by atoms with Gasteiger partial charge in [0, 0.05) is 17.5 Å². The van der Waals surface area contributed by atoms with Gasteiger partial charge in [-0.3, -0.25) is 9.79 Å². The molecule has 0 heterocycles. The summed E-state index contributed by atoms with van der Waals surface area (Å²) >= 11 is 0. The highest BCUT2D eigenvalue weighted by Gasteiger charge is 2.12. The second kappa shape index (κ2) is 10.0. The van der Waals surface area contributed by atoms with Crippen molar-refractivity contribution in [3.05, 3.63) is 71.8 Å². The molecule has 0 aliphatic heterocycles.